The summed E-state index contributed by atoms with van der Waals surface area (Å²) in [6.45, 7) is 17.1. The van der Waals surface area contributed by atoms with Crippen molar-refractivity contribution in [3.05, 3.63) is 12.2 Å². The molecular formula is C31H54O3. The number of rotatable bonds is 2. The number of allylic oxidation sites excluding steroid dienone is 1. The fourth-order valence-corrected chi connectivity index (χ4v) is 8.26. The van der Waals surface area contributed by atoms with Gasteiger partial charge in [0.05, 0.1) is 12.7 Å². The normalized spacial score (nSPS) is 47.2. The van der Waals surface area contributed by atoms with Gasteiger partial charge < -0.3 is 9.84 Å². The van der Waals surface area contributed by atoms with Gasteiger partial charge in [0.1, 0.15) is 5.78 Å². The molecule has 0 aromatic carbocycles. The maximum Gasteiger partial charge on any atom is 0.138 e. The van der Waals surface area contributed by atoms with E-state index in [-0.39, 0.29) is 22.2 Å². The van der Waals surface area contributed by atoms with Gasteiger partial charge in [-0.2, -0.15) is 0 Å². The molecule has 0 heterocycles. The maximum absolute atomic E-state index is 12.9. The molecule has 0 amide bonds. The van der Waals surface area contributed by atoms with Crippen LogP contribution >= 0.6 is 0 Å². The van der Waals surface area contributed by atoms with E-state index in [2.05, 4.69) is 60.6 Å². The average molecular weight is 475 g/mol. The molecule has 0 unspecified atom stereocenters. The van der Waals surface area contributed by atoms with Crippen LogP contribution in [-0.2, 0) is 9.53 Å². The quantitative estimate of drug-likeness (QED) is 0.422. The molecule has 0 aromatic rings. The highest BCUT2D eigenvalue weighted by atomic mass is 16.5. The lowest BCUT2D eigenvalue weighted by atomic mass is 9.53. The lowest BCUT2D eigenvalue weighted by molar-refractivity contribution is -0.128. The van der Waals surface area contributed by atoms with Crippen molar-refractivity contribution in [1.82, 2.24) is 0 Å². The SMILES string of the molecule is COC[C@]12CC[C@@H](C)[C@H](C)[C@H]1[C@@H](O)/C=C\[C@@H]1[C@@H](C)CCC(=O)C(C)(C)CCC[C@@]1(C)[C@H](C)CC2. The summed E-state index contributed by atoms with van der Waals surface area (Å²) in [5.74, 6) is 3.17. The summed E-state index contributed by atoms with van der Waals surface area (Å²) >= 11 is 0. The van der Waals surface area contributed by atoms with Gasteiger partial charge in [-0.15, -0.1) is 0 Å². The van der Waals surface area contributed by atoms with E-state index >= 15 is 0 Å². The molecule has 0 saturated heterocycles. The summed E-state index contributed by atoms with van der Waals surface area (Å²) in [6, 6.07) is 0. The number of Topliss-reactive ketones (excluding diaryl/α,β-unsaturated/α-hetero) is 1. The van der Waals surface area contributed by atoms with Crippen LogP contribution in [0.25, 0.3) is 0 Å². The predicted molar refractivity (Wildman–Crippen MR) is 142 cm³/mol. The molecule has 1 N–H and O–H groups in total. The highest BCUT2D eigenvalue weighted by molar-refractivity contribution is 5.84. The van der Waals surface area contributed by atoms with Crippen LogP contribution in [0.3, 0.4) is 0 Å². The van der Waals surface area contributed by atoms with Crippen molar-refractivity contribution in [3.8, 4) is 0 Å². The van der Waals surface area contributed by atoms with Crippen molar-refractivity contribution >= 4 is 5.78 Å². The molecule has 3 heteroatoms. The van der Waals surface area contributed by atoms with Crippen LogP contribution in [0, 0.1) is 51.8 Å². The Bertz CT molecular complexity index is 726. The second kappa shape index (κ2) is 10.8. The van der Waals surface area contributed by atoms with Crippen molar-refractivity contribution in [1.29, 1.82) is 0 Å². The molecule has 2 saturated carbocycles. The van der Waals surface area contributed by atoms with Gasteiger partial charge in [-0.3, -0.25) is 4.79 Å². The van der Waals surface area contributed by atoms with Crippen LogP contribution in [-0.4, -0.2) is 30.7 Å². The molecule has 3 nitrogen and oxygen atoms in total. The molecule has 0 radical (unpaired) electrons. The zero-order chi connectivity index (χ0) is 25.3. The van der Waals surface area contributed by atoms with Crippen molar-refractivity contribution < 1.29 is 14.6 Å². The van der Waals surface area contributed by atoms with Gasteiger partial charge in [-0.25, -0.2) is 0 Å². The van der Waals surface area contributed by atoms with Crippen LogP contribution in [0.4, 0.5) is 0 Å². The van der Waals surface area contributed by atoms with E-state index in [1.165, 1.54) is 12.8 Å². The zero-order valence-corrected chi connectivity index (χ0v) is 23.5. The van der Waals surface area contributed by atoms with Gasteiger partial charge >= 0.3 is 0 Å². The predicted octanol–water partition coefficient (Wildman–Crippen LogP) is 7.47. The number of ether oxygens (including phenoxy) is 1. The number of hydrogen-bond acceptors (Lipinski definition) is 3. The van der Waals surface area contributed by atoms with Crippen LogP contribution in [0.5, 0.6) is 0 Å². The minimum Gasteiger partial charge on any atom is -0.389 e. The van der Waals surface area contributed by atoms with Crippen LogP contribution in [0.1, 0.15) is 106 Å². The monoisotopic (exact) mass is 474 g/mol. The zero-order valence-electron chi connectivity index (χ0n) is 23.5. The van der Waals surface area contributed by atoms with E-state index in [4.69, 9.17) is 4.74 Å². The summed E-state index contributed by atoms with van der Waals surface area (Å²) in [4.78, 5) is 12.9. The minimum atomic E-state index is -0.436. The van der Waals surface area contributed by atoms with E-state index in [1.54, 1.807) is 0 Å². The summed E-state index contributed by atoms with van der Waals surface area (Å²) in [7, 11) is 1.84. The molecule has 2 fully saturated rings. The van der Waals surface area contributed by atoms with Crippen molar-refractivity contribution in [3.63, 3.8) is 0 Å². The minimum absolute atomic E-state index is 0.0535. The Morgan fingerprint density at radius 1 is 0.941 bits per heavy atom. The van der Waals surface area contributed by atoms with E-state index < -0.39 is 6.10 Å². The Hall–Kier alpha value is -0.670. The molecule has 9 atom stereocenters. The largest absolute Gasteiger partial charge is 0.389 e. The second-order valence-electron chi connectivity index (χ2n) is 13.7. The third-order valence-corrected chi connectivity index (χ3v) is 11.3. The average Bonchev–Trinajstić information content (AvgIpc) is 2.77. The number of fused-ring (bicyclic) bond motifs is 2. The fraction of sp³-hybridized carbons (Fsp3) is 0.903. The van der Waals surface area contributed by atoms with Gasteiger partial charge in [0.2, 0.25) is 0 Å². The van der Waals surface area contributed by atoms with Gasteiger partial charge in [0.25, 0.3) is 0 Å². The molecule has 0 bridgehead atoms. The first-order valence-electron chi connectivity index (χ1n) is 14.3. The summed E-state index contributed by atoms with van der Waals surface area (Å²) in [6.07, 6.45) is 13.7. The van der Waals surface area contributed by atoms with Crippen LogP contribution in [0.15, 0.2) is 12.2 Å². The fourth-order valence-electron chi connectivity index (χ4n) is 8.26. The van der Waals surface area contributed by atoms with Gasteiger partial charge in [-0.05, 0) is 91.3 Å². The molecule has 0 aromatic heterocycles. The van der Waals surface area contributed by atoms with E-state index in [1.807, 2.05) is 7.11 Å². The lowest BCUT2D eigenvalue weighted by Crippen LogP contribution is -2.50. The van der Waals surface area contributed by atoms with Crippen molar-refractivity contribution in [2.75, 3.05) is 13.7 Å². The molecular weight excluding hydrogens is 420 g/mol. The number of methoxy groups -OCH3 is 1. The summed E-state index contributed by atoms with van der Waals surface area (Å²) < 4.78 is 5.86. The van der Waals surface area contributed by atoms with E-state index in [0.29, 0.717) is 41.8 Å². The van der Waals surface area contributed by atoms with E-state index in [0.717, 1.165) is 45.1 Å². The van der Waals surface area contributed by atoms with Crippen LogP contribution in [0.2, 0.25) is 0 Å². The number of aliphatic hydroxyl groups excluding tert-OH is 1. The van der Waals surface area contributed by atoms with Gasteiger partial charge in [-0.1, -0.05) is 67.0 Å². The standard InChI is InChI=1S/C31H54O3/c1-21-14-18-31(20-34-8)19-15-23(3)30(7)17-9-16-29(5,6)27(33)13-10-22(2)25(30)11-12-26(32)28(31)24(21)4/h11-12,21-26,28,32H,9-10,13-20H2,1-8H3/b12-11-/t21-,22+,23-,24+,25-,26+,28+,30+,31-/m1/s1. The lowest BCUT2D eigenvalue weighted by Gasteiger charge is -2.53. The van der Waals surface area contributed by atoms with Crippen molar-refractivity contribution in [2.24, 2.45) is 51.8 Å². The third-order valence-electron chi connectivity index (χ3n) is 11.3. The number of carbonyl (C=O) groups is 1. The Morgan fingerprint density at radius 3 is 2.29 bits per heavy atom. The molecule has 196 valence electrons. The van der Waals surface area contributed by atoms with E-state index in [9.17, 15) is 9.90 Å². The second-order valence-corrected chi connectivity index (χ2v) is 13.7. The topological polar surface area (TPSA) is 46.5 Å². The highest BCUT2D eigenvalue weighted by Gasteiger charge is 2.51. The first kappa shape index (κ1) is 27.9. The molecule has 34 heavy (non-hydrogen) atoms. The number of hydrogen-bond donors (Lipinski definition) is 1. The highest BCUT2D eigenvalue weighted by Crippen LogP contribution is 2.55. The summed E-state index contributed by atoms with van der Waals surface area (Å²) in [5.41, 5.74) is 0.0114. The van der Waals surface area contributed by atoms with Gasteiger partial charge in [0.15, 0.2) is 0 Å². The third kappa shape index (κ3) is 5.36. The molecule has 3 rings (SSSR count). The Labute approximate surface area is 210 Å². The number of carbonyl (C=O) groups excluding carboxylic acids is 1. The molecule has 0 aliphatic heterocycles. The number of ketones is 1. The Kier molecular flexibility index (Phi) is 8.83. The van der Waals surface area contributed by atoms with Crippen molar-refractivity contribution in [2.45, 2.75) is 112 Å². The van der Waals surface area contributed by atoms with Gasteiger partial charge in [0, 0.05) is 18.9 Å². The smallest absolute Gasteiger partial charge is 0.138 e. The molecule has 3 aliphatic rings. The maximum atomic E-state index is 12.9. The summed E-state index contributed by atoms with van der Waals surface area (Å²) in [5, 5.41) is 11.7. The number of aliphatic hydroxyl groups is 1. The van der Waals surface area contributed by atoms with Crippen LogP contribution < -0.4 is 0 Å². The first-order valence-corrected chi connectivity index (χ1v) is 14.3. The first-order chi connectivity index (χ1) is 15.9. The Morgan fingerprint density at radius 2 is 1.62 bits per heavy atom. The Balaban J connectivity index is 2.02. The molecule has 0 spiro atoms. The molecule has 3 aliphatic carbocycles.